The normalized spacial score (nSPS) is 24.5. The Kier molecular flexibility index (Phi) is 2.48. The van der Waals surface area contributed by atoms with E-state index < -0.39 is 35.1 Å². The molecular weight excluding hydrogens is 233 g/mol. The summed E-state index contributed by atoms with van der Waals surface area (Å²) in [5, 5.41) is 0. The fourth-order valence-electron chi connectivity index (χ4n) is 0.970. The molecule has 0 bridgehead atoms. The summed E-state index contributed by atoms with van der Waals surface area (Å²) in [4.78, 5) is 0. The van der Waals surface area contributed by atoms with E-state index in [-0.39, 0.29) is 0 Å². The number of rotatable bonds is 1. The van der Waals surface area contributed by atoms with Gasteiger partial charge in [-0.15, -0.1) is 0 Å². The zero-order chi connectivity index (χ0) is 12.0. The van der Waals surface area contributed by atoms with Crippen LogP contribution in [0.1, 0.15) is 0 Å². The van der Waals surface area contributed by atoms with Crippen molar-refractivity contribution in [1.29, 1.82) is 0 Å². The number of hydrogen-bond donors (Lipinski definition) is 0. The van der Waals surface area contributed by atoms with Gasteiger partial charge in [-0.2, -0.15) is 17.6 Å². The first-order valence-electron chi connectivity index (χ1n) is 3.44. The highest BCUT2D eigenvalue weighted by Crippen LogP contribution is 2.50. The monoisotopic (exact) mass is 236 g/mol. The highest BCUT2D eigenvalue weighted by molar-refractivity contribution is 5.38. The van der Waals surface area contributed by atoms with E-state index >= 15 is 0 Å². The summed E-state index contributed by atoms with van der Waals surface area (Å²) < 4.78 is 91.4. The molecule has 8 heteroatoms. The van der Waals surface area contributed by atoms with Crippen molar-refractivity contribution in [2.75, 3.05) is 7.11 Å². The van der Waals surface area contributed by atoms with Crippen LogP contribution in [0.15, 0.2) is 23.2 Å². The topological polar surface area (TPSA) is 9.23 Å². The maximum Gasteiger partial charge on any atom is 0.360 e. The molecule has 0 unspecified atom stereocenters. The molecule has 0 amide bonds. The van der Waals surface area contributed by atoms with Crippen molar-refractivity contribution in [3.05, 3.63) is 23.2 Å². The van der Waals surface area contributed by atoms with Crippen molar-refractivity contribution >= 4 is 0 Å². The Morgan fingerprint density at radius 2 is 1.20 bits per heavy atom. The third-order valence-electron chi connectivity index (χ3n) is 1.71. The number of allylic oxidation sites excluding steroid dienone is 3. The van der Waals surface area contributed by atoms with Gasteiger partial charge in [-0.25, -0.2) is 13.2 Å². The largest absolute Gasteiger partial charge is 0.492 e. The summed E-state index contributed by atoms with van der Waals surface area (Å²) in [7, 11) is 0.440. The number of ether oxygens (including phenoxy) is 1. The summed E-state index contributed by atoms with van der Waals surface area (Å²) in [6.07, 6.45) is 0. The second-order valence-electron chi connectivity index (χ2n) is 2.62. The average molecular weight is 236 g/mol. The quantitative estimate of drug-likeness (QED) is 0.635. The zero-order valence-corrected chi connectivity index (χ0v) is 7.05. The van der Waals surface area contributed by atoms with Gasteiger partial charge in [-0.1, -0.05) is 0 Å². The molecule has 1 aliphatic rings. The number of alkyl halides is 4. The van der Waals surface area contributed by atoms with Crippen molar-refractivity contribution < 1.29 is 35.5 Å². The molecule has 0 aromatic rings. The zero-order valence-electron chi connectivity index (χ0n) is 7.05. The standard InChI is InChI=1S/C7H3F7O/c1-15-5-4(10)6(11,12)2(8)3(9)7(5,13)14/h1H3. The molecule has 0 N–H and O–H groups in total. The minimum Gasteiger partial charge on any atom is -0.492 e. The maximum atomic E-state index is 12.7. The first-order chi connectivity index (χ1) is 6.67. The Morgan fingerprint density at radius 1 is 0.800 bits per heavy atom. The van der Waals surface area contributed by atoms with Crippen molar-refractivity contribution in [1.82, 2.24) is 0 Å². The fourth-order valence-corrected chi connectivity index (χ4v) is 0.970. The van der Waals surface area contributed by atoms with Gasteiger partial charge in [0.2, 0.25) is 23.2 Å². The molecule has 86 valence electrons. The van der Waals surface area contributed by atoms with Gasteiger partial charge < -0.3 is 4.74 Å². The summed E-state index contributed by atoms with van der Waals surface area (Å²) in [6, 6.07) is 0. The van der Waals surface area contributed by atoms with Crippen LogP contribution in [0.25, 0.3) is 0 Å². The number of methoxy groups -OCH3 is 1. The third kappa shape index (κ3) is 1.38. The summed E-state index contributed by atoms with van der Waals surface area (Å²) >= 11 is 0. The molecule has 15 heavy (non-hydrogen) atoms. The van der Waals surface area contributed by atoms with Crippen molar-refractivity contribution in [3.63, 3.8) is 0 Å². The average Bonchev–Trinajstić information content (AvgIpc) is 2.14. The molecule has 1 rings (SSSR count). The Balaban J connectivity index is 3.47. The molecule has 0 saturated heterocycles. The van der Waals surface area contributed by atoms with E-state index in [9.17, 15) is 30.7 Å². The molecule has 1 nitrogen and oxygen atoms in total. The lowest BCUT2D eigenvalue weighted by atomic mass is 10.0. The SMILES string of the molecule is COC1=C(F)C(F)(F)C(F)=C(F)C1(F)F. The van der Waals surface area contributed by atoms with Gasteiger partial charge in [0.25, 0.3) is 0 Å². The van der Waals surface area contributed by atoms with E-state index in [2.05, 4.69) is 4.74 Å². The Morgan fingerprint density at radius 3 is 1.60 bits per heavy atom. The van der Waals surface area contributed by atoms with Crippen LogP contribution in [-0.2, 0) is 4.74 Å². The van der Waals surface area contributed by atoms with Crippen LogP contribution in [0.3, 0.4) is 0 Å². The van der Waals surface area contributed by atoms with Gasteiger partial charge in [0.05, 0.1) is 7.11 Å². The van der Waals surface area contributed by atoms with E-state index in [4.69, 9.17) is 0 Å². The van der Waals surface area contributed by atoms with Crippen LogP contribution in [0.4, 0.5) is 30.7 Å². The Bertz CT molecular complexity index is 354. The molecular formula is C7H3F7O. The van der Waals surface area contributed by atoms with E-state index in [1.54, 1.807) is 0 Å². The van der Waals surface area contributed by atoms with Gasteiger partial charge >= 0.3 is 11.8 Å². The molecule has 0 radical (unpaired) electrons. The van der Waals surface area contributed by atoms with Gasteiger partial charge in [0, 0.05) is 0 Å². The summed E-state index contributed by atoms with van der Waals surface area (Å²) in [5.41, 5.74) is 0. The van der Waals surface area contributed by atoms with Gasteiger partial charge in [0.1, 0.15) is 0 Å². The predicted octanol–water partition coefficient (Wildman–Crippen LogP) is 3.25. The van der Waals surface area contributed by atoms with Gasteiger partial charge in [-0.3, -0.25) is 0 Å². The van der Waals surface area contributed by atoms with Crippen LogP contribution in [0, 0.1) is 0 Å². The molecule has 0 aromatic carbocycles. The smallest absolute Gasteiger partial charge is 0.360 e. The lowest BCUT2D eigenvalue weighted by Gasteiger charge is -2.26. The highest BCUT2D eigenvalue weighted by atomic mass is 19.3. The highest BCUT2D eigenvalue weighted by Gasteiger charge is 2.61. The predicted molar refractivity (Wildman–Crippen MR) is 34.3 cm³/mol. The first kappa shape index (κ1) is 11.9. The second kappa shape index (κ2) is 3.14. The number of halogens is 7. The minimum absolute atomic E-state index is 0.440. The molecule has 0 saturated carbocycles. The van der Waals surface area contributed by atoms with Crippen molar-refractivity contribution in [2.45, 2.75) is 11.8 Å². The molecule has 0 aromatic heterocycles. The van der Waals surface area contributed by atoms with Crippen LogP contribution in [-0.4, -0.2) is 19.0 Å². The van der Waals surface area contributed by atoms with Crippen molar-refractivity contribution in [3.8, 4) is 0 Å². The third-order valence-corrected chi connectivity index (χ3v) is 1.71. The van der Waals surface area contributed by atoms with E-state index in [0.29, 0.717) is 7.11 Å². The Hall–Kier alpha value is -1.21. The lowest BCUT2D eigenvalue weighted by molar-refractivity contribution is -0.0535. The summed E-state index contributed by atoms with van der Waals surface area (Å²) in [5.74, 6) is -21.2. The van der Waals surface area contributed by atoms with E-state index in [1.807, 2.05) is 0 Å². The molecule has 0 fully saturated rings. The molecule has 0 atom stereocenters. The number of hydrogen-bond acceptors (Lipinski definition) is 1. The van der Waals surface area contributed by atoms with Crippen LogP contribution in [0.5, 0.6) is 0 Å². The molecule has 0 heterocycles. The molecule has 0 spiro atoms. The lowest BCUT2D eigenvalue weighted by Crippen LogP contribution is -2.36. The molecule has 0 aliphatic heterocycles. The Labute approximate surface area is 78.8 Å². The van der Waals surface area contributed by atoms with Crippen LogP contribution in [0.2, 0.25) is 0 Å². The van der Waals surface area contributed by atoms with E-state index in [0.717, 1.165) is 0 Å². The second-order valence-corrected chi connectivity index (χ2v) is 2.62. The minimum atomic E-state index is -5.06. The molecule has 1 aliphatic carbocycles. The van der Waals surface area contributed by atoms with Crippen molar-refractivity contribution in [2.24, 2.45) is 0 Å². The van der Waals surface area contributed by atoms with Gasteiger partial charge in [-0.05, 0) is 0 Å². The van der Waals surface area contributed by atoms with E-state index in [1.165, 1.54) is 0 Å². The summed E-state index contributed by atoms with van der Waals surface area (Å²) in [6.45, 7) is 0. The fraction of sp³-hybridized carbons (Fsp3) is 0.429. The maximum absolute atomic E-state index is 12.7. The van der Waals surface area contributed by atoms with Gasteiger partial charge in [0.15, 0.2) is 0 Å². The van der Waals surface area contributed by atoms with Crippen LogP contribution < -0.4 is 0 Å². The first-order valence-corrected chi connectivity index (χ1v) is 3.44. The van der Waals surface area contributed by atoms with Crippen LogP contribution >= 0.6 is 0 Å².